The van der Waals surface area contributed by atoms with E-state index in [1.807, 2.05) is 32.6 Å². The van der Waals surface area contributed by atoms with E-state index in [2.05, 4.69) is 11.6 Å². The molecule has 1 rings (SSSR count). The molecule has 0 saturated carbocycles. The molecule has 4 nitrogen and oxygen atoms in total. The molecule has 1 aromatic heterocycles. The van der Waals surface area contributed by atoms with E-state index in [1.165, 1.54) is 6.20 Å². The molecule has 0 amide bonds. The molecule has 1 heterocycles. The van der Waals surface area contributed by atoms with Gasteiger partial charge in [0.2, 0.25) is 0 Å². The number of nitrogens with zero attached hydrogens (tertiary/aromatic N) is 2. The van der Waals surface area contributed by atoms with Crippen LogP contribution in [0, 0.1) is 6.92 Å². The molecule has 0 radical (unpaired) electrons. The van der Waals surface area contributed by atoms with Crippen LogP contribution < -0.4 is 4.90 Å². The van der Waals surface area contributed by atoms with E-state index in [9.17, 15) is 9.90 Å². The SMILES string of the molecule is C=CCN(c1cc(C)ncc1C(=O)O)C(C)(C)C. The van der Waals surface area contributed by atoms with Crippen molar-refractivity contribution in [1.82, 2.24) is 4.98 Å². The molecular weight excluding hydrogens is 228 g/mol. The Morgan fingerprint density at radius 2 is 2.17 bits per heavy atom. The first-order valence-corrected chi connectivity index (χ1v) is 5.86. The summed E-state index contributed by atoms with van der Waals surface area (Å²) in [5, 5.41) is 9.25. The van der Waals surface area contributed by atoms with Crippen LogP contribution in [-0.4, -0.2) is 28.1 Å². The lowest BCUT2D eigenvalue weighted by atomic mass is 10.0. The van der Waals surface area contributed by atoms with E-state index in [0.29, 0.717) is 12.2 Å². The van der Waals surface area contributed by atoms with Gasteiger partial charge in [-0.05, 0) is 33.8 Å². The number of carboxylic acids is 1. The monoisotopic (exact) mass is 248 g/mol. The summed E-state index contributed by atoms with van der Waals surface area (Å²) in [5.41, 5.74) is 1.51. The average Bonchev–Trinajstić information content (AvgIpc) is 2.23. The second-order valence-corrected chi connectivity index (χ2v) is 5.22. The maximum absolute atomic E-state index is 11.3. The number of hydrogen-bond donors (Lipinski definition) is 1. The van der Waals surface area contributed by atoms with Gasteiger partial charge < -0.3 is 10.0 Å². The molecule has 0 aliphatic carbocycles. The van der Waals surface area contributed by atoms with Crippen molar-refractivity contribution >= 4 is 11.7 Å². The van der Waals surface area contributed by atoms with Crippen molar-refractivity contribution < 1.29 is 9.90 Å². The number of carboxylic acid groups (broad SMARTS) is 1. The smallest absolute Gasteiger partial charge is 0.339 e. The first-order chi connectivity index (χ1) is 8.27. The normalized spacial score (nSPS) is 11.1. The molecule has 0 spiro atoms. The topological polar surface area (TPSA) is 53.4 Å². The van der Waals surface area contributed by atoms with E-state index >= 15 is 0 Å². The number of hydrogen-bond acceptors (Lipinski definition) is 3. The van der Waals surface area contributed by atoms with Crippen LogP contribution in [0.5, 0.6) is 0 Å². The highest BCUT2D eigenvalue weighted by atomic mass is 16.4. The number of anilines is 1. The first kappa shape index (κ1) is 14.2. The van der Waals surface area contributed by atoms with Crippen molar-refractivity contribution in [3.63, 3.8) is 0 Å². The van der Waals surface area contributed by atoms with Gasteiger partial charge in [-0.25, -0.2) is 4.79 Å². The summed E-state index contributed by atoms with van der Waals surface area (Å²) >= 11 is 0. The van der Waals surface area contributed by atoms with Crippen LogP contribution in [-0.2, 0) is 0 Å². The molecule has 4 heteroatoms. The Morgan fingerprint density at radius 3 is 2.61 bits per heavy atom. The van der Waals surface area contributed by atoms with Crippen LogP contribution in [0.4, 0.5) is 5.69 Å². The third-order valence-corrected chi connectivity index (χ3v) is 2.66. The van der Waals surface area contributed by atoms with E-state index in [-0.39, 0.29) is 11.1 Å². The molecule has 0 aliphatic heterocycles. The third kappa shape index (κ3) is 3.09. The Kier molecular flexibility index (Phi) is 4.11. The maximum atomic E-state index is 11.3. The zero-order valence-electron chi connectivity index (χ0n) is 11.4. The highest BCUT2D eigenvalue weighted by molar-refractivity contribution is 5.94. The van der Waals surface area contributed by atoms with Gasteiger partial charge in [-0.3, -0.25) is 4.98 Å². The van der Waals surface area contributed by atoms with Crippen LogP contribution in [0.2, 0.25) is 0 Å². The van der Waals surface area contributed by atoms with Crippen molar-refractivity contribution in [2.75, 3.05) is 11.4 Å². The van der Waals surface area contributed by atoms with Crippen LogP contribution in [0.15, 0.2) is 24.9 Å². The molecule has 0 unspecified atom stereocenters. The predicted octanol–water partition coefficient (Wildman–Crippen LogP) is 2.88. The summed E-state index contributed by atoms with van der Waals surface area (Å²) in [6.45, 7) is 12.3. The van der Waals surface area contributed by atoms with Gasteiger partial charge in [0.05, 0.1) is 5.69 Å². The van der Waals surface area contributed by atoms with Gasteiger partial charge >= 0.3 is 5.97 Å². The second kappa shape index (κ2) is 5.21. The van der Waals surface area contributed by atoms with E-state index < -0.39 is 5.97 Å². The quantitative estimate of drug-likeness (QED) is 0.832. The lowest BCUT2D eigenvalue weighted by Crippen LogP contribution is -2.42. The summed E-state index contributed by atoms with van der Waals surface area (Å²) in [5.74, 6) is -0.962. The first-order valence-electron chi connectivity index (χ1n) is 5.86. The minimum Gasteiger partial charge on any atom is -0.478 e. The van der Waals surface area contributed by atoms with Gasteiger partial charge in [-0.15, -0.1) is 6.58 Å². The number of carbonyl (C=O) groups is 1. The lowest BCUT2D eigenvalue weighted by molar-refractivity contribution is 0.0697. The van der Waals surface area contributed by atoms with Crippen molar-refractivity contribution in [3.8, 4) is 0 Å². The summed E-state index contributed by atoms with van der Waals surface area (Å²) < 4.78 is 0. The Balaban J connectivity index is 3.38. The molecule has 1 aromatic rings. The number of aromatic nitrogens is 1. The number of aromatic carboxylic acids is 1. The summed E-state index contributed by atoms with van der Waals surface area (Å²) in [4.78, 5) is 17.3. The molecule has 0 aromatic carbocycles. The standard InChI is InChI=1S/C14H20N2O2/c1-6-7-16(14(3,4)5)12-8-10(2)15-9-11(12)13(17)18/h6,8-9H,1,7H2,2-5H3,(H,17,18). The van der Waals surface area contributed by atoms with Crippen LogP contribution in [0.1, 0.15) is 36.8 Å². The Morgan fingerprint density at radius 1 is 1.56 bits per heavy atom. The number of aryl methyl sites for hydroxylation is 1. The fourth-order valence-electron chi connectivity index (χ4n) is 1.80. The Bertz CT molecular complexity index is 461. The molecule has 18 heavy (non-hydrogen) atoms. The fraction of sp³-hybridized carbons (Fsp3) is 0.429. The Hall–Kier alpha value is -1.84. The number of pyridine rings is 1. The van der Waals surface area contributed by atoms with Gasteiger partial charge in [0.1, 0.15) is 5.56 Å². The minimum atomic E-state index is -0.962. The third-order valence-electron chi connectivity index (χ3n) is 2.66. The lowest BCUT2D eigenvalue weighted by Gasteiger charge is -2.37. The molecular formula is C14H20N2O2. The highest BCUT2D eigenvalue weighted by Gasteiger charge is 2.25. The van der Waals surface area contributed by atoms with E-state index in [0.717, 1.165) is 5.69 Å². The molecule has 0 fully saturated rings. The molecule has 0 atom stereocenters. The zero-order chi connectivity index (χ0) is 13.9. The van der Waals surface area contributed by atoms with Gasteiger partial charge in [0.25, 0.3) is 0 Å². The summed E-state index contributed by atoms with van der Waals surface area (Å²) in [7, 11) is 0. The highest BCUT2D eigenvalue weighted by Crippen LogP contribution is 2.27. The number of rotatable bonds is 4. The van der Waals surface area contributed by atoms with Crippen molar-refractivity contribution in [2.24, 2.45) is 0 Å². The van der Waals surface area contributed by atoms with Crippen LogP contribution in [0.3, 0.4) is 0 Å². The zero-order valence-corrected chi connectivity index (χ0v) is 11.4. The van der Waals surface area contributed by atoms with Gasteiger partial charge in [0.15, 0.2) is 0 Å². The molecule has 1 N–H and O–H groups in total. The largest absolute Gasteiger partial charge is 0.478 e. The van der Waals surface area contributed by atoms with Crippen LogP contribution >= 0.6 is 0 Å². The van der Waals surface area contributed by atoms with Crippen molar-refractivity contribution in [3.05, 3.63) is 36.2 Å². The van der Waals surface area contributed by atoms with E-state index in [1.54, 1.807) is 12.1 Å². The Labute approximate surface area is 108 Å². The van der Waals surface area contributed by atoms with Crippen molar-refractivity contribution in [1.29, 1.82) is 0 Å². The predicted molar refractivity (Wildman–Crippen MR) is 73.2 cm³/mol. The van der Waals surface area contributed by atoms with E-state index in [4.69, 9.17) is 0 Å². The maximum Gasteiger partial charge on any atom is 0.339 e. The van der Waals surface area contributed by atoms with Gasteiger partial charge in [-0.1, -0.05) is 6.08 Å². The molecule has 98 valence electrons. The van der Waals surface area contributed by atoms with Gasteiger partial charge in [0, 0.05) is 24.0 Å². The fourth-order valence-corrected chi connectivity index (χ4v) is 1.80. The van der Waals surface area contributed by atoms with Crippen molar-refractivity contribution in [2.45, 2.75) is 33.2 Å². The van der Waals surface area contributed by atoms with Crippen LogP contribution in [0.25, 0.3) is 0 Å². The average molecular weight is 248 g/mol. The summed E-state index contributed by atoms with van der Waals surface area (Å²) in [6.07, 6.45) is 3.18. The second-order valence-electron chi connectivity index (χ2n) is 5.22. The van der Waals surface area contributed by atoms with Gasteiger partial charge in [-0.2, -0.15) is 0 Å². The molecule has 0 aliphatic rings. The molecule has 0 saturated heterocycles. The summed E-state index contributed by atoms with van der Waals surface area (Å²) in [6, 6.07) is 1.80. The minimum absolute atomic E-state index is 0.188. The molecule has 0 bridgehead atoms.